The zero-order valence-corrected chi connectivity index (χ0v) is 13.5. The summed E-state index contributed by atoms with van der Waals surface area (Å²) in [6.45, 7) is 7.13. The van der Waals surface area contributed by atoms with E-state index in [0.29, 0.717) is 5.25 Å². The molecule has 0 heterocycles. The first-order valence-corrected chi connectivity index (χ1v) is 11.3. The molecule has 1 aromatic carbocycles. The summed E-state index contributed by atoms with van der Waals surface area (Å²) >= 11 is 1.86. The van der Waals surface area contributed by atoms with Crippen molar-refractivity contribution in [1.29, 1.82) is 0 Å². The smallest absolute Gasteiger partial charge is 0.0775 e. The third-order valence-corrected chi connectivity index (χ3v) is 7.14. The molecule has 1 nitrogen and oxygen atoms in total. The average Bonchev–Trinajstić information content (AvgIpc) is 2.32. The molecule has 0 saturated heterocycles. The number of rotatable bonds is 3. The minimum absolute atomic E-state index is 0.111. The molecule has 0 aliphatic heterocycles. The SMILES string of the molecule is C[Si](C)(C)c1ccc(S[C@@H]2CCCC[C@H]2O)cc1. The molecule has 0 bridgehead atoms. The second kappa shape index (κ2) is 5.80. The molecule has 2 atom stereocenters. The Labute approximate surface area is 116 Å². The molecule has 1 aliphatic carbocycles. The minimum atomic E-state index is -1.18. The molecule has 2 rings (SSSR count). The van der Waals surface area contributed by atoms with Gasteiger partial charge in [0.15, 0.2) is 0 Å². The lowest BCUT2D eigenvalue weighted by molar-refractivity contribution is 0.137. The quantitative estimate of drug-likeness (QED) is 0.853. The van der Waals surface area contributed by atoms with Crippen LogP contribution in [-0.4, -0.2) is 24.5 Å². The summed E-state index contributed by atoms with van der Waals surface area (Å²) in [5, 5.41) is 11.9. The van der Waals surface area contributed by atoms with E-state index in [0.717, 1.165) is 12.8 Å². The fraction of sp³-hybridized carbons (Fsp3) is 0.600. The molecule has 1 N–H and O–H groups in total. The fourth-order valence-corrected chi connectivity index (χ4v) is 4.81. The molecule has 1 aliphatic rings. The van der Waals surface area contributed by atoms with Crippen molar-refractivity contribution in [3.8, 4) is 0 Å². The molecule has 0 unspecified atom stereocenters. The predicted octanol–water partition coefficient (Wildman–Crippen LogP) is 3.63. The summed E-state index contributed by atoms with van der Waals surface area (Å²) < 4.78 is 0. The molecule has 0 spiro atoms. The summed E-state index contributed by atoms with van der Waals surface area (Å²) in [7, 11) is -1.18. The van der Waals surface area contributed by atoms with Gasteiger partial charge in [0.2, 0.25) is 0 Å². The summed E-state index contributed by atoms with van der Waals surface area (Å²) in [6, 6.07) is 9.03. The van der Waals surface area contributed by atoms with Crippen LogP contribution < -0.4 is 5.19 Å². The van der Waals surface area contributed by atoms with Gasteiger partial charge < -0.3 is 5.11 Å². The summed E-state index contributed by atoms with van der Waals surface area (Å²) in [5.74, 6) is 0. The Hall–Kier alpha value is -0.253. The molecule has 100 valence electrons. The van der Waals surface area contributed by atoms with E-state index in [1.54, 1.807) is 0 Å². The largest absolute Gasteiger partial charge is 0.392 e. The molecule has 1 aromatic rings. The molecule has 0 aromatic heterocycles. The van der Waals surface area contributed by atoms with Gasteiger partial charge in [-0.15, -0.1) is 11.8 Å². The van der Waals surface area contributed by atoms with E-state index in [-0.39, 0.29) is 6.10 Å². The number of hydrogen-bond acceptors (Lipinski definition) is 2. The van der Waals surface area contributed by atoms with Crippen LogP contribution in [0.1, 0.15) is 25.7 Å². The zero-order valence-electron chi connectivity index (χ0n) is 11.6. The topological polar surface area (TPSA) is 20.2 Å². The summed E-state index contributed by atoms with van der Waals surface area (Å²) in [5.41, 5.74) is 0. The molecule has 18 heavy (non-hydrogen) atoms. The number of hydrogen-bond donors (Lipinski definition) is 1. The lowest BCUT2D eigenvalue weighted by Crippen LogP contribution is -2.37. The maximum Gasteiger partial charge on any atom is 0.0775 e. The van der Waals surface area contributed by atoms with Crippen LogP contribution >= 0.6 is 11.8 Å². The number of thioether (sulfide) groups is 1. The number of aliphatic hydroxyl groups excluding tert-OH is 1. The lowest BCUT2D eigenvalue weighted by atomic mass is 9.97. The Morgan fingerprint density at radius 1 is 1.06 bits per heavy atom. The van der Waals surface area contributed by atoms with Gasteiger partial charge in [0, 0.05) is 10.1 Å². The summed E-state index contributed by atoms with van der Waals surface area (Å²) in [4.78, 5) is 1.31. The second-order valence-corrected chi connectivity index (χ2v) is 12.7. The zero-order chi connectivity index (χ0) is 13.2. The Morgan fingerprint density at radius 3 is 2.22 bits per heavy atom. The first kappa shape index (κ1) is 14.2. The molecular formula is C15H24OSSi. The van der Waals surface area contributed by atoms with Crippen molar-refractivity contribution in [3.63, 3.8) is 0 Å². The number of aliphatic hydroxyl groups is 1. The standard InChI is InChI=1S/C15H24OSSi/c1-18(2,3)13-10-8-12(9-11-13)17-15-7-5-4-6-14(15)16/h8-11,14-16H,4-7H2,1-3H3/t14-,15-/m1/s1. The molecule has 0 amide bonds. The van der Waals surface area contributed by atoms with Crippen LogP contribution in [0.25, 0.3) is 0 Å². The van der Waals surface area contributed by atoms with E-state index in [1.807, 2.05) is 11.8 Å². The Balaban J connectivity index is 2.02. The highest BCUT2D eigenvalue weighted by Gasteiger charge is 2.24. The van der Waals surface area contributed by atoms with Gasteiger partial charge in [0.25, 0.3) is 0 Å². The van der Waals surface area contributed by atoms with Crippen molar-refractivity contribution in [2.24, 2.45) is 0 Å². The lowest BCUT2D eigenvalue weighted by Gasteiger charge is -2.27. The monoisotopic (exact) mass is 280 g/mol. The minimum Gasteiger partial charge on any atom is -0.392 e. The number of benzene rings is 1. The van der Waals surface area contributed by atoms with Gasteiger partial charge in [-0.05, 0) is 25.0 Å². The highest BCUT2D eigenvalue weighted by atomic mass is 32.2. The van der Waals surface area contributed by atoms with E-state index in [9.17, 15) is 5.11 Å². The molecule has 1 fully saturated rings. The highest BCUT2D eigenvalue weighted by Crippen LogP contribution is 2.33. The van der Waals surface area contributed by atoms with Crippen LogP contribution in [0.2, 0.25) is 19.6 Å². The maximum absolute atomic E-state index is 10.0. The Bertz CT molecular complexity index is 382. The van der Waals surface area contributed by atoms with Crippen molar-refractivity contribution in [2.45, 2.75) is 61.6 Å². The average molecular weight is 281 g/mol. The van der Waals surface area contributed by atoms with Gasteiger partial charge in [-0.1, -0.05) is 49.8 Å². The van der Waals surface area contributed by atoms with Gasteiger partial charge >= 0.3 is 0 Å². The normalized spacial score (nSPS) is 25.1. The molecule has 1 saturated carbocycles. The van der Waals surface area contributed by atoms with Crippen LogP contribution in [0.4, 0.5) is 0 Å². The van der Waals surface area contributed by atoms with Crippen LogP contribution in [0.5, 0.6) is 0 Å². The maximum atomic E-state index is 10.0. The fourth-order valence-electron chi connectivity index (χ4n) is 2.42. The van der Waals surface area contributed by atoms with E-state index >= 15 is 0 Å². The van der Waals surface area contributed by atoms with Crippen molar-refractivity contribution in [3.05, 3.63) is 24.3 Å². The van der Waals surface area contributed by atoms with E-state index in [2.05, 4.69) is 43.9 Å². The van der Waals surface area contributed by atoms with Crippen LogP contribution in [-0.2, 0) is 0 Å². The van der Waals surface area contributed by atoms with Gasteiger partial charge in [0.1, 0.15) is 0 Å². The van der Waals surface area contributed by atoms with Crippen LogP contribution in [0.15, 0.2) is 29.2 Å². The van der Waals surface area contributed by atoms with Gasteiger partial charge in [-0.3, -0.25) is 0 Å². The first-order valence-electron chi connectivity index (χ1n) is 6.92. The van der Waals surface area contributed by atoms with Crippen molar-refractivity contribution in [1.82, 2.24) is 0 Å². The first-order chi connectivity index (χ1) is 8.47. The molecular weight excluding hydrogens is 256 g/mol. The highest BCUT2D eigenvalue weighted by molar-refractivity contribution is 8.00. The van der Waals surface area contributed by atoms with Crippen molar-refractivity contribution < 1.29 is 5.11 Å². The Kier molecular flexibility index (Phi) is 4.57. The second-order valence-electron chi connectivity index (χ2n) is 6.28. The van der Waals surface area contributed by atoms with Gasteiger partial charge in [-0.2, -0.15) is 0 Å². The van der Waals surface area contributed by atoms with E-state index < -0.39 is 8.07 Å². The van der Waals surface area contributed by atoms with Crippen LogP contribution in [0.3, 0.4) is 0 Å². The molecule has 0 radical (unpaired) electrons. The van der Waals surface area contributed by atoms with Gasteiger partial charge in [0.05, 0.1) is 14.2 Å². The Morgan fingerprint density at radius 2 is 1.67 bits per heavy atom. The summed E-state index contributed by atoms with van der Waals surface area (Å²) in [6.07, 6.45) is 4.47. The van der Waals surface area contributed by atoms with Crippen molar-refractivity contribution >= 4 is 25.0 Å². The predicted molar refractivity (Wildman–Crippen MR) is 83.5 cm³/mol. The van der Waals surface area contributed by atoms with E-state index in [1.165, 1.54) is 22.9 Å². The molecule has 3 heteroatoms. The van der Waals surface area contributed by atoms with Crippen molar-refractivity contribution in [2.75, 3.05) is 0 Å². The van der Waals surface area contributed by atoms with E-state index in [4.69, 9.17) is 0 Å². The van der Waals surface area contributed by atoms with Gasteiger partial charge in [-0.25, -0.2) is 0 Å². The third-order valence-electron chi connectivity index (χ3n) is 3.68. The van der Waals surface area contributed by atoms with Crippen LogP contribution in [0, 0.1) is 0 Å². The third kappa shape index (κ3) is 3.62.